The molecular formula is C17H19NO2S. The van der Waals surface area contributed by atoms with E-state index in [1.807, 2.05) is 56.3 Å². The van der Waals surface area contributed by atoms with Crippen LogP contribution < -0.4 is 15.2 Å². The van der Waals surface area contributed by atoms with Crippen molar-refractivity contribution in [2.24, 2.45) is 5.73 Å². The Morgan fingerprint density at radius 3 is 2.19 bits per heavy atom. The van der Waals surface area contributed by atoms with Crippen molar-refractivity contribution in [3.8, 4) is 11.5 Å². The van der Waals surface area contributed by atoms with Gasteiger partial charge in [0, 0.05) is 5.56 Å². The zero-order chi connectivity index (χ0) is 15.2. The van der Waals surface area contributed by atoms with Gasteiger partial charge in [0.15, 0.2) is 0 Å². The Kier molecular flexibility index (Phi) is 5.17. The summed E-state index contributed by atoms with van der Waals surface area (Å²) >= 11 is 4.97. The van der Waals surface area contributed by atoms with E-state index in [4.69, 9.17) is 27.4 Å². The normalized spacial score (nSPS) is 10.2. The van der Waals surface area contributed by atoms with Crippen molar-refractivity contribution in [3.05, 3.63) is 59.2 Å². The van der Waals surface area contributed by atoms with Crippen LogP contribution in [0, 0.1) is 6.92 Å². The first kappa shape index (κ1) is 15.3. The van der Waals surface area contributed by atoms with Gasteiger partial charge in [-0.3, -0.25) is 0 Å². The second kappa shape index (κ2) is 7.09. The van der Waals surface area contributed by atoms with Gasteiger partial charge in [0.2, 0.25) is 0 Å². The predicted molar refractivity (Wildman–Crippen MR) is 89.0 cm³/mol. The van der Waals surface area contributed by atoms with Crippen LogP contribution >= 0.6 is 12.2 Å². The zero-order valence-corrected chi connectivity index (χ0v) is 13.1. The molecular weight excluding hydrogens is 282 g/mol. The minimum atomic E-state index is 0.414. The molecule has 110 valence electrons. The lowest BCUT2D eigenvalue weighted by Gasteiger charge is -2.11. The fourth-order valence-corrected chi connectivity index (χ4v) is 2.10. The van der Waals surface area contributed by atoms with Crippen LogP contribution in [-0.4, -0.2) is 11.6 Å². The summed E-state index contributed by atoms with van der Waals surface area (Å²) in [6, 6.07) is 13.5. The van der Waals surface area contributed by atoms with Crippen LogP contribution in [0.5, 0.6) is 11.5 Å². The fourth-order valence-electron chi connectivity index (χ4n) is 1.97. The lowest BCUT2D eigenvalue weighted by Crippen LogP contribution is -2.10. The Morgan fingerprint density at radius 1 is 1.05 bits per heavy atom. The van der Waals surface area contributed by atoms with Crippen molar-refractivity contribution in [3.63, 3.8) is 0 Å². The van der Waals surface area contributed by atoms with Gasteiger partial charge in [0.05, 0.1) is 6.61 Å². The standard InChI is InChI=1S/C17H19NO2S/c1-3-19-15-6-8-16(9-7-15)20-11-14-5-4-13(17(18)21)10-12(14)2/h4-10H,3,11H2,1-2H3,(H2,18,21). The second-order valence-corrected chi connectivity index (χ2v) is 5.14. The van der Waals surface area contributed by atoms with Crippen LogP contribution in [0.1, 0.15) is 23.6 Å². The van der Waals surface area contributed by atoms with E-state index in [-0.39, 0.29) is 0 Å². The van der Waals surface area contributed by atoms with Gasteiger partial charge in [-0.15, -0.1) is 0 Å². The highest BCUT2D eigenvalue weighted by atomic mass is 32.1. The highest BCUT2D eigenvalue weighted by Gasteiger charge is 2.03. The van der Waals surface area contributed by atoms with Gasteiger partial charge in [0.1, 0.15) is 23.1 Å². The van der Waals surface area contributed by atoms with E-state index in [1.54, 1.807) is 0 Å². The van der Waals surface area contributed by atoms with Crippen molar-refractivity contribution in [2.45, 2.75) is 20.5 Å². The number of aryl methyl sites for hydroxylation is 1. The molecule has 0 atom stereocenters. The van der Waals surface area contributed by atoms with E-state index in [9.17, 15) is 0 Å². The summed E-state index contributed by atoms with van der Waals surface area (Å²) in [5.74, 6) is 1.66. The maximum atomic E-state index is 5.79. The summed E-state index contributed by atoms with van der Waals surface area (Å²) in [5, 5.41) is 0. The van der Waals surface area contributed by atoms with Gasteiger partial charge in [-0.2, -0.15) is 0 Å². The summed E-state index contributed by atoms with van der Waals surface area (Å²) in [4.78, 5) is 0.414. The highest BCUT2D eigenvalue weighted by Crippen LogP contribution is 2.20. The zero-order valence-electron chi connectivity index (χ0n) is 12.3. The number of thiocarbonyl (C=S) groups is 1. The predicted octanol–water partition coefficient (Wildman–Crippen LogP) is 3.61. The van der Waals surface area contributed by atoms with Crippen molar-refractivity contribution in [1.29, 1.82) is 0 Å². The first-order chi connectivity index (χ1) is 10.1. The Hall–Kier alpha value is -2.07. The van der Waals surface area contributed by atoms with E-state index in [1.165, 1.54) is 0 Å². The number of nitrogens with two attached hydrogens (primary N) is 1. The van der Waals surface area contributed by atoms with Crippen LogP contribution in [0.4, 0.5) is 0 Å². The van der Waals surface area contributed by atoms with Gasteiger partial charge in [-0.05, 0) is 55.3 Å². The van der Waals surface area contributed by atoms with Gasteiger partial charge >= 0.3 is 0 Å². The number of hydrogen-bond donors (Lipinski definition) is 1. The lowest BCUT2D eigenvalue weighted by atomic mass is 10.1. The van der Waals surface area contributed by atoms with Gasteiger partial charge in [-0.1, -0.05) is 24.4 Å². The Balaban J connectivity index is 2.01. The molecule has 0 bridgehead atoms. The summed E-state index contributed by atoms with van der Waals surface area (Å²) in [6.45, 7) is 5.16. The Labute approximate surface area is 130 Å². The van der Waals surface area contributed by atoms with Gasteiger partial charge < -0.3 is 15.2 Å². The van der Waals surface area contributed by atoms with E-state index < -0.39 is 0 Å². The molecule has 0 aliphatic heterocycles. The molecule has 2 N–H and O–H groups in total. The molecule has 2 aromatic rings. The highest BCUT2D eigenvalue weighted by molar-refractivity contribution is 7.80. The first-order valence-corrected chi connectivity index (χ1v) is 7.26. The topological polar surface area (TPSA) is 44.5 Å². The van der Waals surface area contributed by atoms with Crippen LogP contribution in [0.15, 0.2) is 42.5 Å². The van der Waals surface area contributed by atoms with Gasteiger partial charge in [-0.25, -0.2) is 0 Å². The van der Waals surface area contributed by atoms with E-state index in [0.29, 0.717) is 18.2 Å². The maximum absolute atomic E-state index is 5.79. The van der Waals surface area contributed by atoms with Crippen LogP contribution in [0.3, 0.4) is 0 Å². The Morgan fingerprint density at radius 2 is 1.67 bits per heavy atom. The average Bonchev–Trinajstić information content (AvgIpc) is 2.47. The number of rotatable bonds is 6. The summed E-state index contributed by atoms with van der Waals surface area (Å²) in [7, 11) is 0. The Bertz CT molecular complexity index is 623. The fraction of sp³-hybridized carbons (Fsp3) is 0.235. The van der Waals surface area contributed by atoms with Crippen molar-refractivity contribution in [1.82, 2.24) is 0 Å². The summed E-state index contributed by atoms with van der Waals surface area (Å²) in [5.41, 5.74) is 8.74. The molecule has 21 heavy (non-hydrogen) atoms. The quantitative estimate of drug-likeness (QED) is 0.828. The second-order valence-electron chi connectivity index (χ2n) is 4.70. The molecule has 3 nitrogen and oxygen atoms in total. The monoisotopic (exact) mass is 301 g/mol. The molecule has 0 aromatic heterocycles. The molecule has 0 radical (unpaired) electrons. The summed E-state index contributed by atoms with van der Waals surface area (Å²) < 4.78 is 11.2. The molecule has 0 spiro atoms. The number of benzene rings is 2. The molecule has 0 unspecified atom stereocenters. The number of hydrogen-bond acceptors (Lipinski definition) is 3. The van der Waals surface area contributed by atoms with Crippen molar-refractivity contribution in [2.75, 3.05) is 6.61 Å². The molecule has 2 rings (SSSR count). The maximum Gasteiger partial charge on any atom is 0.120 e. The van der Waals surface area contributed by atoms with Crippen LogP contribution in [0.2, 0.25) is 0 Å². The van der Waals surface area contributed by atoms with E-state index >= 15 is 0 Å². The molecule has 0 fully saturated rings. The third-order valence-corrected chi connectivity index (χ3v) is 3.39. The molecule has 0 saturated carbocycles. The molecule has 0 aliphatic rings. The minimum absolute atomic E-state index is 0.414. The lowest BCUT2D eigenvalue weighted by molar-refractivity contribution is 0.303. The molecule has 0 heterocycles. The molecule has 0 aliphatic carbocycles. The van der Waals surface area contributed by atoms with E-state index in [2.05, 4.69) is 0 Å². The molecule has 2 aromatic carbocycles. The van der Waals surface area contributed by atoms with Crippen molar-refractivity contribution >= 4 is 17.2 Å². The van der Waals surface area contributed by atoms with E-state index in [0.717, 1.165) is 28.2 Å². The average molecular weight is 301 g/mol. The van der Waals surface area contributed by atoms with Crippen LogP contribution in [0.25, 0.3) is 0 Å². The third kappa shape index (κ3) is 4.20. The SMILES string of the molecule is CCOc1ccc(OCc2ccc(C(N)=S)cc2C)cc1. The number of ether oxygens (including phenoxy) is 2. The smallest absolute Gasteiger partial charge is 0.120 e. The van der Waals surface area contributed by atoms with Crippen LogP contribution in [-0.2, 0) is 6.61 Å². The molecule has 4 heteroatoms. The molecule has 0 saturated heterocycles. The third-order valence-electron chi connectivity index (χ3n) is 3.16. The largest absolute Gasteiger partial charge is 0.494 e. The first-order valence-electron chi connectivity index (χ1n) is 6.85. The van der Waals surface area contributed by atoms with Gasteiger partial charge in [0.25, 0.3) is 0 Å². The summed E-state index contributed by atoms with van der Waals surface area (Å²) in [6.07, 6.45) is 0. The van der Waals surface area contributed by atoms with Crippen molar-refractivity contribution < 1.29 is 9.47 Å². The molecule has 0 amide bonds. The minimum Gasteiger partial charge on any atom is -0.494 e.